The molecule has 2 heterocycles. The SMILES string of the molecule is O=C(CCSc1nnc(COc2ccc(Cl)cc2)n1-c1ccccc1)NCc1ccco1. The third-order valence-corrected chi connectivity index (χ3v) is 5.68. The van der Waals surface area contributed by atoms with Crippen LogP contribution in [-0.4, -0.2) is 26.4 Å². The minimum Gasteiger partial charge on any atom is -0.486 e. The van der Waals surface area contributed by atoms with E-state index in [-0.39, 0.29) is 12.5 Å². The van der Waals surface area contributed by atoms with Gasteiger partial charge in [-0.1, -0.05) is 41.6 Å². The lowest BCUT2D eigenvalue weighted by molar-refractivity contribution is -0.120. The highest BCUT2D eigenvalue weighted by molar-refractivity contribution is 7.99. The fourth-order valence-electron chi connectivity index (χ4n) is 2.92. The Kier molecular flexibility index (Phi) is 7.47. The molecule has 1 amide bonds. The molecule has 0 fully saturated rings. The predicted octanol–water partition coefficient (Wildman–Crippen LogP) is 4.89. The van der Waals surface area contributed by atoms with Crippen LogP contribution < -0.4 is 10.1 Å². The van der Waals surface area contributed by atoms with Crippen LogP contribution in [0.3, 0.4) is 0 Å². The molecule has 4 aromatic rings. The summed E-state index contributed by atoms with van der Waals surface area (Å²) in [6, 6.07) is 20.6. The summed E-state index contributed by atoms with van der Waals surface area (Å²) in [6.45, 7) is 0.622. The van der Waals surface area contributed by atoms with Crippen LogP contribution in [0.15, 0.2) is 82.6 Å². The number of ether oxygens (including phenoxy) is 1. The molecule has 1 N–H and O–H groups in total. The molecule has 0 saturated carbocycles. The zero-order chi connectivity index (χ0) is 22.2. The van der Waals surface area contributed by atoms with Gasteiger partial charge in [-0.25, -0.2) is 0 Å². The normalized spacial score (nSPS) is 10.8. The molecule has 2 aromatic carbocycles. The van der Waals surface area contributed by atoms with Crippen molar-refractivity contribution in [1.82, 2.24) is 20.1 Å². The summed E-state index contributed by atoms with van der Waals surface area (Å²) in [5.74, 6) is 2.59. The smallest absolute Gasteiger partial charge is 0.221 e. The fourth-order valence-corrected chi connectivity index (χ4v) is 3.96. The van der Waals surface area contributed by atoms with Gasteiger partial charge in [0.05, 0.1) is 12.8 Å². The van der Waals surface area contributed by atoms with Gasteiger partial charge in [-0.05, 0) is 48.5 Å². The van der Waals surface area contributed by atoms with Gasteiger partial charge >= 0.3 is 0 Å². The summed E-state index contributed by atoms with van der Waals surface area (Å²) in [7, 11) is 0. The highest BCUT2D eigenvalue weighted by atomic mass is 35.5. The van der Waals surface area contributed by atoms with E-state index in [0.717, 1.165) is 11.4 Å². The largest absolute Gasteiger partial charge is 0.486 e. The molecule has 0 unspecified atom stereocenters. The van der Waals surface area contributed by atoms with Gasteiger partial charge in [0.25, 0.3) is 0 Å². The maximum Gasteiger partial charge on any atom is 0.221 e. The van der Waals surface area contributed by atoms with E-state index in [1.807, 2.05) is 53.1 Å². The van der Waals surface area contributed by atoms with E-state index in [4.69, 9.17) is 20.8 Å². The first-order valence-corrected chi connectivity index (χ1v) is 11.4. The number of furan rings is 1. The summed E-state index contributed by atoms with van der Waals surface area (Å²) in [4.78, 5) is 12.1. The van der Waals surface area contributed by atoms with E-state index >= 15 is 0 Å². The molecule has 4 rings (SSSR count). The summed E-state index contributed by atoms with van der Waals surface area (Å²) in [5, 5.41) is 12.8. The molecule has 9 heteroatoms. The molecule has 0 aliphatic rings. The van der Waals surface area contributed by atoms with Gasteiger partial charge in [-0.2, -0.15) is 0 Å². The highest BCUT2D eigenvalue weighted by Gasteiger charge is 2.16. The number of carbonyl (C=O) groups is 1. The quantitative estimate of drug-likeness (QED) is 0.334. The van der Waals surface area contributed by atoms with Crippen LogP contribution in [0.4, 0.5) is 0 Å². The Bertz CT molecular complexity index is 1130. The highest BCUT2D eigenvalue weighted by Crippen LogP contribution is 2.24. The molecule has 0 radical (unpaired) electrons. The minimum absolute atomic E-state index is 0.0500. The molecule has 32 heavy (non-hydrogen) atoms. The van der Waals surface area contributed by atoms with E-state index in [0.29, 0.717) is 40.5 Å². The van der Waals surface area contributed by atoms with Crippen LogP contribution in [0.25, 0.3) is 5.69 Å². The van der Waals surface area contributed by atoms with Crippen molar-refractivity contribution in [2.45, 2.75) is 24.7 Å². The Hall–Kier alpha value is -3.23. The standard InChI is InChI=1S/C23H21ClN4O3S/c24-17-8-10-19(11-9-17)31-16-21-26-27-23(28(21)18-5-2-1-3-6-18)32-14-12-22(29)25-15-20-7-4-13-30-20/h1-11,13H,12,14-16H2,(H,25,29). The number of thioether (sulfide) groups is 1. The molecule has 0 atom stereocenters. The number of halogens is 1. The lowest BCUT2D eigenvalue weighted by atomic mass is 10.3. The Morgan fingerprint density at radius 3 is 2.62 bits per heavy atom. The van der Waals surface area contributed by atoms with Crippen molar-refractivity contribution in [3.05, 3.63) is 89.6 Å². The molecule has 2 aromatic heterocycles. The number of hydrogen-bond donors (Lipinski definition) is 1. The molecule has 0 saturated heterocycles. The minimum atomic E-state index is -0.0500. The van der Waals surface area contributed by atoms with Crippen LogP contribution in [0, 0.1) is 0 Å². The number of aromatic nitrogens is 3. The Balaban J connectivity index is 1.39. The monoisotopic (exact) mass is 468 g/mol. The Labute approximate surface area is 194 Å². The first-order valence-electron chi connectivity index (χ1n) is 9.99. The molecule has 0 aliphatic heterocycles. The molecule has 164 valence electrons. The number of nitrogens with zero attached hydrogens (tertiary/aromatic N) is 3. The lowest BCUT2D eigenvalue weighted by Gasteiger charge is -2.11. The summed E-state index contributed by atoms with van der Waals surface area (Å²) in [6.07, 6.45) is 1.94. The summed E-state index contributed by atoms with van der Waals surface area (Å²) in [5.41, 5.74) is 0.928. The molecular formula is C23H21ClN4O3S. The van der Waals surface area contributed by atoms with Crippen LogP contribution in [0.2, 0.25) is 5.02 Å². The van der Waals surface area contributed by atoms with Crippen molar-refractivity contribution in [1.29, 1.82) is 0 Å². The fraction of sp³-hybridized carbons (Fsp3) is 0.174. The maximum absolute atomic E-state index is 12.1. The predicted molar refractivity (Wildman–Crippen MR) is 123 cm³/mol. The van der Waals surface area contributed by atoms with E-state index in [9.17, 15) is 4.79 Å². The lowest BCUT2D eigenvalue weighted by Crippen LogP contribution is -2.22. The van der Waals surface area contributed by atoms with Crippen LogP contribution >= 0.6 is 23.4 Å². The van der Waals surface area contributed by atoms with Crippen molar-refractivity contribution in [2.75, 3.05) is 5.75 Å². The average molecular weight is 469 g/mol. The van der Waals surface area contributed by atoms with Gasteiger partial charge in [0.15, 0.2) is 11.0 Å². The molecule has 0 aliphatic carbocycles. The molecule has 0 bridgehead atoms. The number of rotatable bonds is 10. The van der Waals surface area contributed by atoms with E-state index in [1.54, 1.807) is 24.5 Å². The summed E-state index contributed by atoms with van der Waals surface area (Å²) >= 11 is 7.41. The second-order valence-corrected chi connectivity index (χ2v) is 8.27. The van der Waals surface area contributed by atoms with E-state index in [2.05, 4.69) is 15.5 Å². The molecular weight excluding hydrogens is 448 g/mol. The Morgan fingerprint density at radius 2 is 1.88 bits per heavy atom. The van der Waals surface area contributed by atoms with E-state index in [1.165, 1.54) is 11.8 Å². The van der Waals surface area contributed by atoms with Crippen LogP contribution in [0.5, 0.6) is 5.75 Å². The maximum atomic E-state index is 12.1. The summed E-state index contributed by atoms with van der Waals surface area (Å²) < 4.78 is 13.0. The second kappa shape index (κ2) is 10.9. The number of carbonyl (C=O) groups excluding carboxylic acids is 1. The van der Waals surface area contributed by atoms with Gasteiger partial charge in [0.1, 0.15) is 18.1 Å². The van der Waals surface area contributed by atoms with Crippen molar-refractivity contribution in [3.8, 4) is 11.4 Å². The van der Waals surface area contributed by atoms with Crippen molar-refractivity contribution in [2.24, 2.45) is 0 Å². The zero-order valence-electron chi connectivity index (χ0n) is 17.1. The first-order chi connectivity index (χ1) is 15.7. The zero-order valence-corrected chi connectivity index (χ0v) is 18.7. The number of nitrogens with one attached hydrogen (secondary N) is 1. The average Bonchev–Trinajstić information content (AvgIpc) is 3.48. The number of hydrogen-bond acceptors (Lipinski definition) is 6. The number of benzene rings is 2. The van der Waals surface area contributed by atoms with Gasteiger partial charge in [-0.3, -0.25) is 9.36 Å². The topological polar surface area (TPSA) is 82.2 Å². The van der Waals surface area contributed by atoms with Crippen LogP contribution in [-0.2, 0) is 17.9 Å². The third-order valence-electron chi connectivity index (χ3n) is 4.50. The number of para-hydroxylation sites is 1. The van der Waals surface area contributed by atoms with Crippen molar-refractivity contribution >= 4 is 29.3 Å². The van der Waals surface area contributed by atoms with Crippen molar-refractivity contribution in [3.63, 3.8) is 0 Å². The third kappa shape index (κ3) is 5.93. The van der Waals surface area contributed by atoms with Gasteiger partial charge in [0.2, 0.25) is 5.91 Å². The van der Waals surface area contributed by atoms with Gasteiger partial charge in [0, 0.05) is 22.9 Å². The molecule has 0 spiro atoms. The van der Waals surface area contributed by atoms with Gasteiger partial charge in [-0.15, -0.1) is 10.2 Å². The molecule has 7 nitrogen and oxygen atoms in total. The number of amides is 1. The van der Waals surface area contributed by atoms with Crippen LogP contribution in [0.1, 0.15) is 18.0 Å². The second-order valence-electron chi connectivity index (χ2n) is 6.77. The van der Waals surface area contributed by atoms with Gasteiger partial charge < -0.3 is 14.5 Å². The van der Waals surface area contributed by atoms with E-state index < -0.39 is 0 Å². The van der Waals surface area contributed by atoms with Crippen molar-refractivity contribution < 1.29 is 13.9 Å². The Morgan fingerprint density at radius 1 is 1.06 bits per heavy atom. The first kappa shape index (κ1) is 22.0.